The molecule has 2 aromatic heterocycles. The van der Waals surface area contributed by atoms with Gasteiger partial charge in [-0.25, -0.2) is 9.37 Å². The second-order valence-electron chi connectivity index (χ2n) is 4.46. The number of pyridine rings is 1. The predicted molar refractivity (Wildman–Crippen MR) is 73.2 cm³/mol. The maximum atomic E-state index is 13.4. The molecular formula is C15H14FN3. The quantitative estimate of drug-likeness (QED) is 0.715. The number of aromatic nitrogens is 3. The van der Waals surface area contributed by atoms with Crippen molar-refractivity contribution in [1.29, 1.82) is 0 Å². The van der Waals surface area contributed by atoms with Crippen molar-refractivity contribution < 1.29 is 4.39 Å². The summed E-state index contributed by atoms with van der Waals surface area (Å²) in [5.74, 6) is 0.609. The van der Waals surface area contributed by atoms with E-state index in [0.717, 1.165) is 35.4 Å². The van der Waals surface area contributed by atoms with Crippen molar-refractivity contribution in [1.82, 2.24) is 14.5 Å². The number of benzene rings is 1. The van der Waals surface area contributed by atoms with Crippen LogP contribution in [0.2, 0.25) is 0 Å². The Hall–Kier alpha value is -2.23. The van der Waals surface area contributed by atoms with E-state index in [2.05, 4.69) is 21.5 Å². The number of rotatable bonds is 3. The van der Waals surface area contributed by atoms with Crippen LogP contribution < -0.4 is 0 Å². The molecule has 0 spiro atoms. The standard InChI is InChI=1S/C15H14FN3/c1-2-8-19-14-9-12(16)5-6-13(14)18-15(19)11-4-3-7-17-10-11/h3-7,9-10H,2,8H2,1H3. The van der Waals surface area contributed by atoms with Gasteiger partial charge in [0, 0.05) is 24.5 Å². The zero-order valence-electron chi connectivity index (χ0n) is 10.7. The lowest BCUT2D eigenvalue weighted by Gasteiger charge is -2.07. The van der Waals surface area contributed by atoms with Crippen LogP contribution in [0.1, 0.15) is 13.3 Å². The zero-order chi connectivity index (χ0) is 13.2. The maximum Gasteiger partial charge on any atom is 0.142 e. The third-order valence-corrected chi connectivity index (χ3v) is 3.08. The molecule has 4 heteroatoms. The minimum absolute atomic E-state index is 0.234. The molecule has 1 aromatic carbocycles. The first kappa shape index (κ1) is 11.8. The molecule has 96 valence electrons. The second kappa shape index (κ2) is 4.80. The number of hydrogen-bond acceptors (Lipinski definition) is 2. The van der Waals surface area contributed by atoms with Crippen LogP contribution in [0.25, 0.3) is 22.4 Å². The van der Waals surface area contributed by atoms with E-state index in [1.165, 1.54) is 12.1 Å². The van der Waals surface area contributed by atoms with Crippen molar-refractivity contribution >= 4 is 11.0 Å². The monoisotopic (exact) mass is 255 g/mol. The molecule has 0 unspecified atom stereocenters. The Labute approximate surface area is 110 Å². The number of hydrogen-bond donors (Lipinski definition) is 0. The average molecular weight is 255 g/mol. The van der Waals surface area contributed by atoms with Gasteiger partial charge in [0.05, 0.1) is 11.0 Å². The van der Waals surface area contributed by atoms with E-state index in [9.17, 15) is 4.39 Å². The molecule has 2 heterocycles. The van der Waals surface area contributed by atoms with E-state index in [-0.39, 0.29) is 5.82 Å². The van der Waals surface area contributed by atoms with Gasteiger partial charge in [0.15, 0.2) is 0 Å². The molecule has 3 nitrogen and oxygen atoms in total. The van der Waals surface area contributed by atoms with Gasteiger partial charge in [-0.15, -0.1) is 0 Å². The summed E-state index contributed by atoms with van der Waals surface area (Å²) in [6.45, 7) is 2.91. The lowest BCUT2D eigenvalue weighted by Crippen LogP contribution is -2.00. The van der Waals surface area contributed by atoms with E-state index < -0.39 is 0 Å². The summed E-state index contributed by atoms with van der Waals surface area (Å²) in [5, 5.41) is 0. The van der Waals surface area contributed by atoms with Gasteiger partial charge in [-0.3, -0.25) is 4.98 Å². The normalized spacial score (nSPS) is 11.1. The molecule has 0 aliphatic heterocycles. The zero-order valence-corrected chi connectivity index (χ0v) is 10.7. The SMILES string of the molecule is CCCn1c(-c2cccnc2)nc2ccc(F)cc21. The highest BCUT2D eigenvalue weighted by molar-refractivity contribution is 5.80. The van der Waals surface area contributed by atoms with Gasteiger partial charge < -0.3 is 4.57 Å². The maximum absolute atomic E-state index is 13.4. The topological polar surface area (TPSA) is 30.7 Å². The van der Waals surface area contributed by atoms with Crippen LogP contribution in [-0.4, -0.2) is 14.5 Å². The summed E-state index contributed by atoms with van der Waals surface area (Å²) >= 11 is 0. The summed E-state index contributed by atoms with van der Waals surface area (Å²) in [5.41, 5.74) is 2.60. The molecular weight excluding hydrogens is 241 g/mol. The number of nitrogens with zero attached hydrogens (tertiary/aromatic N) is 3. The Morgan fingerprint density at radius 2 is 2.16 bits per heavy atom. The number of imidazole rings is 1. The Balaban J connectivity index is 2.26. The average Bonchev–Trinajstić information content (AvgIpc) is 2.79. The number of halogens is 1. The van der Waals surface area contributed by atoms with Gasteiger partial charge >= 0.3 is 0 Å². The first-order chi connectivity index (χ1) is 9.29. The van der Waals surface area contributed by atoms with Crippen LogP contribution in [-0.2, 0) is 6.54 Å². The summed E-state index contributed by atoms with van der Waals surface area (Å²) in [4.78, 5) is 8.72. The van der Waals surface area contributed by atoms with Crippen molar-refractivity contribution in [3.63, 3.8) is 0 Å². The van der Waals surface area contributed by atoms with Gasteiger partial charge in [-0.2, -0.15) is 0 Å². The summed E-state index contributed by atoms with van der Waals surface area (Å²) in [6.07, 6.45) is 4.48. The van der Waals surface area contributed by atoms with Crippen molar-refractivity contribution in [2.24, 2.45) is 0 Å². The van der Waals surface area contributed by atoms with Gasteiger partial charge in [0.25, 0.3) is 0 Å². The molecule has 0 bridgehead atoms. The Morgan fingerprint density at radius 3 is 2.89 bits per heavy atom. The summed E-state index contributed by atoms with van der Waals surface area (Å²) in [6, 6.07) is 8.55. The molecule has 0 N–H and O–H groups in total. The molecule has 0 atom stereocenters. The third kappa shape index (κ3) is 2.10. The highest BCUT2D eigenvalue weighted by Gasteiger charge is 2.12. The van der Waals surface area contributed by atoms with Crippen LogP contribution in [0.5, 0.6) is 0 Å². The molecule has 0 aliphatic carbocycles. The Morgan fingerprint density at radius 1 is 1.26 bits per heavy atom. The fourth-order valence-electron chi connectivity index (χ4n) is 2.26. The van der Waals surface area contributed by atoms with E-state index in [0.29, 0.717) is 0 Å². The van der Waals surface area contributed by atoms with E-state index in [4.69, 9.17) is 0 Å². The lowest BCUT2D eigenvalue weighted by atomic mass is 10.2. The van der Waals surface area contributed by atoms with E-state index >= 15 is 0 Å². The highest BCUT2D eigenvalue weighted by atomic mass is 19.1. The van der Waals surface area contributed by atoms with E-state index in [1.807, 2.05) is 12.1 Å². The molecule has 0 radical (unpaired) electrons. The van der Waals surface area contributed by atoms with Gasteiger partial charge in [0.1, 0.15) is 11.6 Å². The lowest BCUT2D eigenvalue weighted by molar-refractivity contribution is 0.627. The molecule has 0 fully saturated rings. The largest absolute Gasteiger partial charge is 0.324 e. The minimum Gasteiger partial charge on any atom is -0.324 e. The van der Waals surface area contributed by atoms with Gasteiger partial charge in [-0.1, -0.05) is 6.92 Å². The molecule has 3 rings (SSSR count). The van der Waals surface area contributed by atoms with Crippen molar-refractivity contribution in [3.8, 4) is 11.4 Å². The fraction of sp³-hybridized carbons (Fsp3) is 0.200. The molecule has 0 saturated carbocycles. The predicted octanol–water partition coefficient (Wildman–Crippen LogP) is 3.65. The van der Waals surface area contributed by atoms with Gasteiger partial charge in [-0.05, 0) is 36.8 Å². The Kier molecular flexibility index (Phi) is 2.99. The smallest absolute Gasteiger partial charge is 0.142 e. The molecule has 0 saturated heterocycles. The minimum atomic E-state index is -0.234. The summed E-state index contributed by atoms with van der Waals surface area (Å²) < 4.78 is 15.5. The molecule has 0 amide bonds. The van der Waals surface area contributed by atoms with Crippen molar-refractivity contribution in [3.05, 3.63) is 48.5 Å². The number of aryl methyl sites for hydroxylation is 1. The van der Waals surface area contributed by atoms with Crippen LogP contribution in [0.15, 0.2) is 42.7 Å². The summed E-state index contributed by atoms with van der Waals surface area (Å²) in [7, 11) is 0. The third-order valence-electron chi connectivity index (χ3n) is 3.08. The first-order valence-corrected chi connectivity index (χ1v) is 6.36. The number of fused-ring (bicyclic) bond motifs is 1. The van der Waals surface area contributed by atoms with Crippen LogP contribution in [0, 0.1) is 5.82 Å². The Bertz CT molecular complexity index is 704. The molecule has 0 aliphatic rings. The molecule has 3 aromatic rings. The van der Waals surface area contributed by atoms with Crippen molar-refractivity contribution in [2.45, 2.75) is 19.9 Å². The van der Waals surface area contributed by atoms with E-state index in [1.54, 1.807) is 18.5 Å². The second-order valence-corrected chi connectivity index (χ2v) is 4.46. The first-order valence-electron chi connectivity index (χ1n) is 6.36. The van der Waals surface area contributed by atoms with Crippen LogP contribution in [0.3, 0.4) is 0 Å². The van der Waals surface area contributed by atoms with Crippen LogP contribution >= 0.6 is 0 Å². The van der Waals surface area contributed by atoms with Crippen LogP contribution in [0.4, 0.5) is 4.39 Å². The highest BCUT2D eigenvalue weighted by Crippen LogP contribution is 2.25. The molecule has 19 heavy (non-hydrogen) atoms. The fourth-order valence-corrected chi connectivity index (χ4v) is 2.26. The van der Waals surface area contributed by atoms with Gasteiger partial charge in [0.2, 0.25) is 0 Å². The van der Waals surface area contributed by atoms with Crippen molar-refractivity contribution in [2.75, 3.05) is 0 Å².